The molecule has 0 aliphatic heterocycles. The fourth-order valence-corrected chi connectivity index (χ4v) is 2.05. The predicted molar refractivity (Wildman–Crippen MR) is 65.3 cm³/mol. The molecule has 3 rings (SSSR count). The molecule has 0 fully saturated rings. The Morgan fingerprint density at radius 1 is 1.31 bits per heavy atom. The van der Waals surface area contributed by atoms with E-state index < -0.39 is 0 Å². The molecular weight excluding hydrogens is 202 g/mol. The van der Waals surface area contributed by atoms with Gasteiger partial charge in [0.1, 0.15) is 11.5 Å². The van der Waals surface area contributed by atoms with Crippen molar-refractivity contribution in [1.29, 1.82) is 0 Å². The van der Waals surface area contributed by atoms with E-state index in [0.717, 1.165) is 17.0 Å². The number of hydrogen-bond donors (Lipinski definition) is 3. The minimum absolute atomic E-state index is 0.0460. The Hall–Kier alpha value is -2.23. The second kappa shape index (κ2) is 3.13. The van der Waals surface area contributed by atoms with Gasteiger partial charge < -0.3 is 15.7 Å². The molecule has 4 N–H and O–H groups in total. The van der Waals surface area contributed by atoms with Crippen LogP contribution in [0.5, 0.6) is 0 Å². The van der Waals surface area contributed by atoms with Crippen LogP contribution in [0.3, 0.4) is 0 Å². The predicted octanol–water partition coefficient (Wildman–Crippen LogP) is -0.0407. The fourth-order valence-electron chi connectivity index (χ4n) is 2.05. The molecule has 1 aliphatic rings. The van der Waals surface area contributed by atoms with E-state index in [0.29, 0.717) is 16.9 Å². The molecular formula is C12H11N3O. The van der Waals surface area contributed by atoms with Crippen molar-refractivity contribution in [3.8, 4) is 0 Å². The molecule has 2 aromatic heterocycles. The van der Waals surface area contributed by atoms with Crippen molar-refractivity contribution in [2.45, 2.75) is 6.42 Å². The number of nitrogens with one attached hydrogen (secondary N) is 2. The van der Waals surface area contributed by atoms with Crippen molar-refractivity contribution in [3.05, 3.63) is 39.0 Å². The first-order valence-corrected chi connectivity index (χ1v) is 5.13. The molecule has 4 heteroatoms. The maximum absolute atomic E-state index is 11.9. The minimum Gasteiger partial charge on any atom is -0.385 e. The monoisotopic (exact) mass is 213 g/mol. The van der Waals surface area contributed by atoms with Gasteiger partial charge in [0, 0.05) is 16.6 Å². The molecule has 0 aromatic carbocycles. The first-order chi connectivity index (χ1) is 7.75. The van der Waals surface area contributed by atoms with Crippen LogP contribution in [0.2, 0.25) is 0 Å². The van der Waals surface area contributed by atoms with Gasteiger partial charge in [-0.15, -0.1) is 0 Å². The summed E-state index contributed by atoms with van der Waals surface area (Å²) in [5.41, 5.74) is 6.25. The van der Waals surface area contributed by atoms with E-state index in [4.69, 9.17) is 5.73 Å². The van der Waals surface area contributed by atoms with Crippen molar-refractivity contribution in [2.24, 2.45) is 0 Å². The first kappa shape index (κ1) is 9.03. The molecule has 80 valence electrons. The van der Waals surface area contributed by atoms with Crippen molar-refractivity contribution in [2.75, 3.05) is 5.73 Å². The standard InChI is InChI=1S/C12H11N3O/c13-10-6-9(16)11-7-4-2-1-3-5-8(7)14-12(11)15-10/h1,3-6H,2H2,(H4,13,14,15,16). The van der Waals surface area contributed by atoms with Crippen LogP contribution in [0, 0.1) is 0 Å². The average molecular weight is 213 g/mol. The van der Waals surface area contributed by atoms with Gasteiger partial charge in [-0.25, -0.2) is 0 Å². The summed E-state index contributed by atoms with van der Waals surface area (Å²) in [6.45, 7) is 0. The van der Waals surface area contributed by atoms with Crippen LogP contribution in [0.4, 0.5) is 5.82 Å². The second-order valence-corrected chi connectivity index (χ2v) is 3.83. The maximum atomic E-state index is 11.9. The molecule has 0 atom stereocenters. The van der Waals surface area contributed by atoms with Crippen LogP contribution in [-0.4, -0.2) is 9.97 Å². The quantitative estimate of drug-likeness (QED) is 0.574. The molecule has 0 amide bonds. The van der Waals surface area contributed by atoms with E-state index in [1.54, 1.807) is 0 Å². The van der Waals surface area contributed by atoms with Crippen molar-refractivity contribution < 1.29 is 0 Å². The number of rotatable bonds is 0. The van der Waals surface area contributed by atoms with Crippen LogP contribution in [-0.2, 0) is 0 Å². The van der Waals surface area contributed by atoms with E-state index >= 15 is 0 Å². The molecule has 0 bridgehead atoms. The fraction of sp³-hybridized carbons (Fsp3) is 0.0833. The molecule has 0 saturated heterocycles. The van der Waals surface area contributed by atoms with Gasteiger partial charge in [0.25, 0.3) is 0 Å². The van der Waals surface area contributed by atoms with E-state index in [9.17, 15) is 4.79 Å². The number of nitrogens with two attached hydrogens (primary N) is 1. The van der Waals surface area contributed by atoms with Gasteiger partial charge in [-0.05, 0) is 12.5 Å². The zero-order chi connectivity index (χ0) is 11.1. The number of pyridine rings is 1. The van der Waals surface area contributed by atoms with Crippen LogP contribution in [0.15, 0.2) is 23.0 Å². The Balaban J connectivity index is 2.62. The van der Waals surface area contributed by atoms with Gasteiger partial charge >= 0.3 is 0 Å². The lowest BCUT2D eigenvalue weighted by Crippen LogP contribution is -2.24. The molecule has 0 unspecified atom stereocenters. The van der Waals surface area contributed by atoms with E-state index in [2.05, 4.69) is 9.97 Å². The van der Waals surface area contributed by atoms with Crippen molar-refractivity contribution in [3.63, 3.8) is 0 Å². The van der Waals surface area contributed by atoms with E-state index in [1.807, 2.05) is 24.3 Å². The Kier molecular flexibility index (Phi) is 1.77. The van der Waals surface area contributed by atoms with E-state index in [1.165, 1.54) is 6.07 Å². The second-order valence-electron chi connectivity index (χ2n) is 3.83. The summed E-state index contributed by atoms with van der Waals surface area (Å²) in [5, 5.41) is 2.59. The molecule has 0 saturated carbocycles. The highest BCUT2D eigenvalue weighted by Gasteiger charge is 2.05. The summed E-state index contributed by atoms with van der Waals surface area (Å²) in [4.78, 5) is 18.0. The highest BCUT2D eigenvalue weighted by atomic mass is 16.1. The lowest BCUT2D eigenvalue weighted by atomic mass is 10.2. The van der Waals surface area contributed by atoms with Gasteiger partial charge in [0.2, 0.25) is 0 Å². The third-order valence-electron chi connectivity index (χ3n) is 2.73. The molecule has 2 aromatic rings. The highest BCUT2D eigenvalue weighted by molar-refractivity contribution is 5.79. The number of fused-ring (bicyclic) bond motifs is 3. The highest BCUT2D eigenvalue weighted by Crippen LogP contribution is 2.01. The lowest BCUT2D eigenvalue weighted by Gasteiger charge is -1.93. The van der Waals surface area contributed by atoms with Gasteiger partial charge in [-0.1, -0.05) is 18.2 Å². The molecule has 2 heterocycles. The van der Waals surface area contributed by atoms with Crippen molar-refractivity contribution in [1.82, 2.24) is 9.97 Å². The van der Waals surface area contributed by atoms with Crippen LogP contribution >= 0.6 is 0 Å². The summed E-state index contributed by atoms with van der Waals surface area (Å²) in [5.74, 6) is 0.379. The lowest BCUT2D eigenvalue weighted by molar-refractivity contribution is 1.28. The zero-order valence-electron chi connectivity index (χ0n) is 8.58. The Labute approximate surface area is 90.8 Å². The smallest absolute Gasteiger partial charge is 0.193 e. The molecule has 0 radical (unpaired) electrons. The number of allylic oxidation sites excluding steroid dienone is 2. The number of aromatic nitrogens is 2. The maximum Gasteiger partial charge on any atom is 0.193 e. The number of H-pyrrole nitrogens is 2. The third kappa shape index (κ3) is 1.20. The van der Waals surface area contributed by atoms with Crippen LogP contribution in [0.1, 0.15) is 6.42 Å². The van der Waals surface area contributed by atoms with Crippen LogP contribution < -0.4 is 21.7 Å². The third-order valence-corrected chi connectivity index (χ3v) is 2.73. The zero-order valence-corrected chi connectivity index (χ0v) is 8.58. The topological polar surface area (TPSA) is 74.7 Å². The molecule has 1 aliphatic carbocycles. The summed E-state index contributed by atoms with van der Waals surface area (Å²) in [6, 6.07) is 1.42. The summed E-state index contributed by atoms with van der Waals surface area (Å²) < 4.78 is 0. The molecule has 0 spiro atoms. The summed E-state index contributed by atoms with van der Waals surface area (Å²) >= 11 is 0. The molecule has 16 heavy (non-hydrogen) atoms. The van der Waals surface area contributed by atoms with Gasteiger partial charge in [-0.2, -0.15) is 0 Å². The van der Waals surface area contributed by atoms with E-state index in [-0.39, 0.29) is 5.43 Å². The Morgan fingerprint density at radius 2 is 2.19 bits per heavy atom. The number of aromatic amines is 2. The number of hydrogen-bond acceptors (Lipinski definition) is 2. The normalized spacial score (nSPS) is 14.0. The summed E-state index contributed by atoms with van der Waals surface area (Å²) in [6.07, 6.45) is 8.86. The largest absolute Gasteiger partial charge is 0.385 e. The van der Waals surface area contributed by atoms with Gasteiger partial charge in [0.15, 0.2) is 5.43 Å². The Morgan fingerprint density at radius 3 is 3.06 bits per heavy atom. The van der Waals surface area contributed by atoms with Crippen LogP contribution in [0.25, 0.3) is 23.2 Å². The van der Waals surface area contributed by atoms with Gasteiger partial charge in [0.05, 0.1) is 5.39 Å². The SMILES string of the molecule is Nc1cc(=O)c2c3c([nH]c2[nH]1)=CC=CCC=3. The Bertz CT molecular complexity index is 762. The number of nitrogen functional groups attached to an aromatic ring is 1. The minimum atomic E-state index is -0.0460. The van der Waals surface area contributed by atoms with Gasteiger partial charge in [-0.3, -0.25) is 4.79 Å². The number of anilines is 1. The molecule has 4 nitrogen and oxygen atoms in total. The average Bonchev–Trinajstić information content (AvgIpc) is 2.42. The van der Waals surface area contributed by atoms with Crippen molar-refractivity contribution >= 4 is 29.0 Å². The first-order valence-electron chi connectivity index (χ1n) is 5.13. The summed E-state index contributed by atoms with van der Waals surface area (Å²) in [7, 11) is 0.